The molecule has 24 rings (SSSR count). The van der Waals surface area contributed by atoms with Gasteiger partial charge in [0.2, 0.25) is 0 Å². The number of para-hydroxylation sites is 1. The molecular formula is C117H74N4. The normalized spacial score (nSPS) is 11.7. The molecule has 0 aliphatic rings. The minimum atomic E-state index is 0.836. The fourth-order valence-corrected chi connectivity index (χ4v) is 18.8. The summed E-state index contributed by atoms with van der Waals surface area (Å²) >= 11 is 0. The highest BCUT2D eigenvalue weighted by Gasteiger charge is 2.24. The molecule has 0 spiro atoms. The van der Waals surface area contributed by atoms with E-state index < -0.39 is 0 Å². The van der Waals surface area contributed by atoms with E-state index in [1.54, 1.807) is 0 Å². The molecule has 562 valence electrons. The lowest BCUT2D eigenvalue weighted by atomic mass is 9.90. The molecule has 0 amide bonds. The van der Waals surface area contributed by atoms with Gasteiger partial charge in [0.1, 0.15) is 0 Å². The van der Waals surface area contributed by atoms with Gasteiger partial charge >= 0.3 is 0 Å². The zero-order valence-corrected chi connectivity index (χ0v) is 66.3. The quantitative estimate of drug-likeness (QED) is 0.128. The summed E-state index contributed by atoms with van der Waals surface area (Å²) in [5, 5.41) is 24.6. The van der Waals surface area contributed by atoms with Crippen molar-refractivity contribution in [1.82, 2.24) is 19.9 Å². The summed E-state index contributed by atoms with van der Waals surface area (Å²) < 4.78 is 0. The predicted octanol–water partition coefficient (Wildman–Crippen LogP) is 31.8. The molecule has 121 heavy (non-hydrogen) atoms. The van der Waals surface area contributed by atoms with Gasteiger partial charge in [-0.3, -0.25) is 0 Å². The first-order valence-electron chi connectivity index (χ1n) is 41.5. The second kappa shape index (κ2) is 29.4. The van der Waals surface area contributed by atoms with Crippen molar-refractivity contribution in [2.45, 2.75) is 6.92 Å². The van der Waals surface area contributed by atoms with Crippen molar-refractivity contribution in [3.8, 4) is 112 Å². The van der Waals surface area contributed by atoms with Crippen LogP contribution in [0.4, 0.5) is 0 Å². The molecule has 4 nitrogen and oxygen atoms in total. The van der Waals surface area contributed by atoms with Crippen LogP contribution < -0.4 is 0 Å². The zero-order chi connectivity index (χ0) is 80.0. The first-order valence-corrected chi connectivity index (χ1v) is 41.5. The molecule has 0 N–H and O–H groups in total. The van der Waals surface area contributed by atoms with E-state index >= 15 is 0 Å². The van der Waals surface area contributed by atoms with E-state index in [0.29, 0.717) is 0 Å². The molecule has 0 saturated heterocycles. The first kappa shape index (κ1) is 70.5. The van der Waals surface area contributed by atoms with Gasteiger partial charge in [-0.25, -0.2) is 19.9 Å². The largest absolute Gasteiger partial charge is 0.244 e. The van der Waals surface area contributed by atoms with Gasteiger partial charge in [0.25, 0.3) is 0 Å². The molecule has 0 unspecified atom stereocenters. The maximum Gasteiger partial charge on any atom is 0.0979 e. The molecule has 0 aliphatic carbocycles. The van der Waals surface area contributed by atoms with Crippen molar-refractivity contribution in [2.75, 3.05) is 0 Å². The molecule has 0 fully saturated rings. The van der Waals surface area contributed by atoms with Crippen molar-refractivity contribution in [1.29, 1.82) is 0 Å². The van der Waals surface area contributed by atoms with Gasteiger partial charge in [-0.2, -0.15) is 0 Å². The SMILES string of the molecule is Cc1cccc2nc(-c3ccc(-c4c5ccccc5cc5ccccc45)cc3)c(-c3ccc(-c4c5ccccc5cc5ccccc45)cc3)nc12.c1ccc2cc(-c3ccc(-c4ccc5ccccc5c4)c4nc(-c5ccc(-c6c7ccccc7cc7ccccc67)cc5)c(-c5ccc(-c6c7ccccc7cc7ccccc67)cc5)nc34)ccc2c1. The standard InChI is InChI=1S/C68H42N2.C49H32N2/c1-3-15-49-39-55(35-25-43(49)13-1)61-37-38-62(56-36-26-44-14-2-4-16-50(44)40-56)68-67(61)69-65(47-31-27-45(28-32-47)63-57-21-9-5-17-51(57)41-52-18-6-10-22-58(52)63)66(70-68)48-33-29-46(30-34-48)64-59-23-11-7-19-53(59)42-54-20-8-12-24-60(54)64;1-31-11-10-20-44-47(31)51-49(35-27-23-33(24-28-35)46-42-18-8-4-14-38(42)30-39-15-5-9-19-43(39)46)48(50-44)34-25-21-32(22-26-34)45-40-16-6-2-12-36(40)29-37-13-3-7-17-41(37)45/h1-42H;2-30H,1H3. The molecule has 0 bridgehead atoms. The predicted molar refractivity (Wildman–Crippen MR) is 513 cm³/mol. The third-order valence-electron chi connectivity index (χ3n) is 24.7. The monoisotopic (exact) mass is 1530 g/mol. The van der Waals surface area contributed by atoms with Crippen LogP contribution in [-0.4, -0.2) is 19.9 Å². The summed E-state index contributed by atoms with van der Waals surface area (Å²) in [7, 11) is 0. The maximum atomic E-state index is 5.83. The average molecular weight is 1540 g/mol. The Balaban J connectivity index is 0.000000148. The Morgan fingerprint density at radius 2 is 0.372 bits per heavy atom. The first-order chi connectivity index (χ1) is 59.9. The number of hydrogen-bond acceptors (Lipinski definition) is 4. The van der Waals surface area contributed by atoms with Crippen LogP contribution in [0.2, 0.25) is 0 Å². The molecule has 0 radical (unpaired) electrons. The summed E-state index contributed by atoms with van der Waals surface area (Å²) in [6.45, 7) is 2.11. The smallest absolute Gasteiger partial charge is 0.0979 e. The van der Waals surface area contributed by atoms with Crippen LogP contribution in [0.25, 0.3) is 242 Å². The molecule has 2 heterocycles. The Kier molecular flexibility index (Phi) is 17.1. The molecule has 22 aromatic carbocycles. The summed E-state index contributed by atoms with van der Waals surface area (Å²) in [6, 6.07) is 156. The van der Waals surface area contributed by atoms with E-state index in [1.807, 2.05) is 0 Å². The summed E-state index contributed by atoms with van der Waals surface area (Å²) in [4.78, 5) is 22.3. The van der Waals surface area contributed by atoms with E-state index in [9.17, 15) is 0 Å². The summed E-state index contributed by atoms with van der Waals surface area (Å²) in [6.07, 6.45) is 0. The lowest BCUT2D eigenvalue weighted by Gasteiger charge is -2.17. The third-order valence-corrected chi connectivity index (χ3v) is 24.7. The van der Waals surface area contributed by atoms with Crippen molar-refractivity contribution in [2.24, 2.45) is 0 Å². The molecular weight excluding hydrogens is 1460 g/mol. The van der Waals surface area contributed by atoms with E-state index in [-0.39, 0.29) is 0 Å². The Hall–Kier alpha value is -15.9. The van der Waals surface area contributed by atoms with Crippen LogP contribution in [-0.2, 0) is 0 Å². The lowest BCUT2D eigenvalue weighted by molar-refractivity contribution is 1.27. The van der Waals surface area contributed by atoms with Crippen LogP contribution in [0.3, 0.4) is 0 Å². The minimum absolute atomic E-state index is 0.836. The Morgan fingerprint density at radius 3 is 0.653 bits per heavy atom. The number of fused-ring (bicyclic) bond motifs is 12. The van der Waals surface area contributed by atoms with Gasteiger partial charge < -0.3 is 0 Å². The highest BCUT2D eigenvalue weighted by Crippen LogP contribution is 2.47. The van der Waals surface area contributed by atoms with Crippen LogP contribution in [0, 0.1) is 6.92 Å². The van der Waals surface area contributed by atoms with Crippen LogP contribution in [0.1, 0.15) is 5.56 Å². The van der Waals surface area contributed by atoms with Gasteiger partial charge in [-0.05, 0) is 218 Å². The van der Waals surface area contributed by atoms with E-state index in [4.69, 9.17) is 19.9 Å². The molecule has 0 atom stereocenters. The fraction of sp³-hybridized carbons (Fsp3) is 0.00855. The third kappa shape index (κ3) is 12.5. The van der Waals surface area contributed by atoms with Crippen molar-refractivity contribution in [3.05, 3.63) is 436 Å². The second-order valence-corrected chi connectivity index (χ2v) is 31.9. The Bertz CT molecular complexity index is 7820. The maximum absolute atomic E-state index is 5.83. The number of aryl methyl sites for hydroxylation is 1. The molecule has 4 heteroatoms. The van der Waals surface area contributed by atoms with Crippen molar-refractivity contribution in [3.63, 3.8) is 0 Å². The van der Waals surface area contributed by atoms with Crippen LogP contribution in [0.15, 0.2) is 431 Å². The highest BCUT2D eigenvalue weighted by atomic mass is 14.8. The van der Waals surface area contributed by atoms with Gasteiger partial charge in [0, 0.05) is 33.4 Å². The molecule has 24 aromatic rings. The van der Waals surface area contributed by atoms with Crippen molar-refractivity contribution < 1.29 is 0 Å². The lowest BCUT2D eigenvalue weighted by Crippen LogP contribution is -1.99. The number of benzene rings is 22. The van der Waals surface area contributed by atoms with Crippen LogP contribution in [0.5, 0.6) is 0 Å². The highest BCUT2D eigenvalue weighted by molar-refractivity contribution is 6.17. The number of rotatable bonds is 10. The van der Waals surface area contributed by atoms with Crippen molar-refractivity contribution >= 4 is 130 Å². The van der Waals surface area contributed by atoms with E-state index in [1.165, 1.54) is 141 Å². The van der Waals surface area contributed by atoms with E-state index in [2.05, 4.69) is 438 Å². The minimum Gasteiger partial charge on any atom is -0.244 e. The van der Waals surface area contributed by atoms with E-state index in [0.717, 1.165) is 106 Å². The molecule has 2 aromatic heterocycles. The Labute approximate surface area is 699 Å². The van der Waals surface area contributed by atoms with Gasteiger partial charge in [-0.1, -0.05) is 388 Å². The van der Waals surface area contributed by atoms with Gasteiger partial charge in [0.15, 0.2) is 0 Å². The summed E-state index contributed by atoms with van der Waals surface area (Å²) in [5.74, 6) is 0. The number of aromatic nitrogens is 4. The molecule has 0 aliphatic heterocycles. The topological polar surface area (TPSA) is 51.6 Å². The number of nitrogens with zero attached hydrogens (tertiary/aromatic N) is 4. The van der Waals surface area contributed by atoms with Gasteiger partial charge in [0.05, 0.1) is 44.8 Å². The Morgan fingerprint density at radius 1 is 0.149 bits per heavy atom. The second-order valence-electron chi connectivity index (χ2n) is 31.9. The van der Waals surface area contributed by atoms with Gasteiger partial charge in [-0.15, -0.1) is 0 Å². The van der Waals surface area contributed by atoms with Crippen LogP contribution >= 0.6 is 0 Å². The fourth-order valence-electron chi connectivity index (χ4n) is 18.8. The average Bonchev–Trinajstić information content (AvgIpc) is 0.777. The summed E-state index contributed by atoms with van der Waals surface area (Å²) in [5.41, 5.74) is 26.2. The number of hydrogen-bond donors (Lipinski definition) is 0. The molecule has 0 saturated carbocycles. The zero-order valence-electron chi connectivity index (χ0n) is 66.3.